The molecule has 1 N–H and O–H groups in total. The monoisotopic (exact) mass is 375 g/mol. The molecule has 1 fully saturated rings. The molecule has 1 amide bonds. The molecule has 0 bridgehead atoms. The molecular weight excluding hydrogens is 366 g/mol. The number of halogens is 4. The van der Waals surface area contributed by atoms with E-state index in [-0.39, 0.29) is 15.6 Å². The van der Waals surface area contributed by atoms with Gasteiger partial charge in [-0.2, -0.15) is 18.3 Å². The van der Waals surface area contributed by atoms with Crippen LogP contribution in [0.5, 0.6) is 0 Å². The molecule has 0 unspecified atom stereocenters. The standard InChI is InChI=1S/C14H9F4N3O3S/c1-24-11(22)5-10-12(23)20-13(25-10)21-19-6-7-2-3-8(9(15)4-7)14(16,17)18/h2-6H,1H3,(H,20,21,23)/b10-5+,19-6?. The van der Waals surface area contributed by atoms with E-state index in [0.717, 1.165) is 37.2 Å². The average Bonchev–Trinajstić information content (AvgIpc) is 2.85. The Morgan fingerprint density at radius 1 is 1.36 bits per heavy atom. The van der Waals surface area contributed by atoms with E-state index in [1.807, 2.05) is 0 Å². The number of amides is 1. The van der Waals surface area contributed by atoms with Crippen LogP contribution in [0.3, 0.4) is 0 Å². The molecule has 0 aliphatic carbocycles. The van der Waals surface area contributed by atoms with E-state index in [1.165, 1.54) is 0 Å². The van der Waals surface area contributed by atoms with Crippen LogP contribution in [-0.2, 0) is 20.5 Å². The van der Waals surface area contributed by atoms with E-state index < -0.39 is 29.4 Å². The normalized spacial score (nSPS) is 18.2. The first-order valence-electron chi connectivity index (χ1n) is 6.47. The molecular formula is C14H9F4N3O3S. The molecule has 25 heavy (non-hydrogen) atoms. The van der Waals surface area contributed by atoms with Gasteiger partial charge in [0.25, 0.3) is 5.91 Å². The van der Waals surface area contributed by atoms with Gasteiger partial charge in [0.2, 0.25) is 0 Å². The molecule has 0 atom stereocenters. The van der Waals surface area contributed by atoms with Crippen LogP contribution in [0, 0.1) is 5.82 Å². The van der Waals surface area contributed by atoms with Gasteiger partial charge in [-0.3, -0.25) is 10.1 Å². The van der Waals surface area contributed by atoms with E-state index in [9.17, 15) is 27.2 Å². The van der Waals surface area contributed by atoms with Crippen molar-refractivity contribution < 1.29 is 31.9 Å². The number of esters is 1. The maximum absolute atomic E-state index is 13.4. The summed E-state index contributed by atoms with van der Waals surface area (Å²) in [5, 5.41) is 9.56. The molecule has 6 nitrogen and oxygen atoms in total. The molecule has 1 heterocycles. The second-order valence-corrected chi connectivity index (χ2v) is 5.51. The number of hydrogen-bond donors (Lipinski definition) is 1. The van der Waals surface area contributed by atoms with Crippen molar-refractivity contribution in [2.75, 3.05) is 7.11 Å². The Kier molecular flexibility index (Phi) is 5.57. The molecule has 1 aliphatic heterocycles. The van der Waals surface area contributed by atoms with Crippen molar-refractivity contribution in [3.8, 4) is 0 Å². The Morgan fingerprint density at radius 2 is 2.08 bits per heavy atom. The molecule has 1 saturated heterocycles. The Bertz CT molecular complexity index is 803. The van der Waals surface area contributed by atoms with Gasteiger partial charge < -0.3 is 4.74 Å². The van der Waals surface area contributed by atoms with Gasteiger partial charge in [-0.05, 0) is 29.5 Å². The number of ether oxygens (including phenoxy) is 1. The van der Waals surface area contributed by atoms with Crippen molar-refractivity contribution in [1.82, 2.24) is 5.32 Å². The summed E-state index contributed by atoms with van der Waals surface area (Å²) in [4.78, 5) is 22.7. The highest BCUT2D eigenvalue weighted by atomic mass is 32.2. The summed E-state index contributed by atoms with van der Waals surface area (Å²) >= 11 is 0.820. The van der Waals surface area contributed by atoms with Crippen molar-refractivity contribution in [3.05, 3.63) is 46.1 Å². The lowest BCUT2D eigenvalue weighted by molar-refractivity contribution is -0.140. The number of hydrogen-bond acceptors (Lipinski definition) is 6. The van der Waals surface area contributed by atoms with Crippen molar-refractivity contribution in [3.63, 3.8) is 0 Å². The SMILES string of the molecule is COC(=O)/C=C1/S/C(=N\N=Cc2ccc(C(F)(F)F)c(F)c2)NC1=O. The first-order chi connectivity index (χ1) is 11.7. The Morgan fingerprint density at radius 3 is 2.68 bits per heavy atom. The molecule has 1 aliphatic rings. The van der Waals surface area contributed by atoms with Crippen LogP contribution in [0.2, 0.25) is 0 Å². The number of nitrogens with one attached hydrogen (secondary N) is 1. The first-order valence-corrected chi connectivity index (χ1v) is 7.29. The van der Waals surface area contributed by atoms with E-state index in [2.05, 4.69) is 20.3 Å². The number of thioether (sulfide) groups is 1. The third-order valence-electron chi connectivity index (χ3n) is 2.75. The predicted molar refractivity (Wildman–Crippen MR) is 82.3 cm³/mol. The summed E-state index contributed by atoms with van der Waals surface area (Å²) in [6, 6.07) is 2.28. The lowest BCUT2D eigenvalue weighted by Gasteiger charge is -2.07. The van der Waals surface area contributed by atoms with E-state index in [1.54, 1.807) is 0 Å². The summed E-state index contributed by atoms with van der Waals surface area (Å²) in [7, 11) is 1.15. The highest BCUT2D eigenvalue weighted by molar-refractivity contribution is 8.18. The maximum Gasteiger partial charge on any atom is 0.419 e. The minimum Gasteiger partial charge on any atom is -0.466 e. The molecule has 11 heteroatoms. The molecule has 0 radical (unpaired) electrons. The molecule has 0 aromatic heterocycles. The summed E-state index contributed by atoms with van der Waals surface area (Å²) in [5.41, 5.74) is -1.33. The fourth-order valence-corrected chi connectivity index (χ4v) is 2.37. The van der Waals surface area contributed by atoms with Crippen LogP contribution in [0.25, 0.3) is 0 Å². The number of carbonyl (C=O) groups excluding carboxylic acids is 2. The van der Waals surface area contributed by atoms with Gasteiger partial charge in [-0.1, -0.05) is 6.07 Å². The number of nitrogens with zero attached hydrogens (tertiary/aromatic N) is 2. The zero-order valence-electron chi connectivity index (χ0n) is 12.4. The Balaban J connectivity index is 2.10. The fraction of sp³-hybridized carbons (Fsp3) is 0.143. The van der Waals surface area contributed by atoms with Gasteiger partial charge in [-0.25, -0.2) is 9.18 Å². The van der Waals surface area contributed by atoms with E-state index in [4.69, 9.17) is 0 Å². The Labute approximate surface area is 142 Å². The van der Waals surface area contributed by atoms with Crippen LogP contribution in [0.1, 0.15) is 11.1 Å². The summed E-state index contributed by atoms with van der Waals surface area (Å²) in [6.07, 6.45) is -2.80. The molecule has 2 rings (SSSR count). The third-order valence-corrected chi connectivity index (χ3v) is 3.66. The van der Waals surface area contributed by atoms with Gasteiger partial charge in [0.1, 0.15) is 5.82 Å². The van der Waals surface area contributed by atoms with Gasteiger partial charge in [-0.15, -0.1) is 5.10 Å². The summed E-state index contributed by atoms with van der Waals surface area (Å²) in [5.74, 6) is -2.73. The van der Waals surface area contributed by atoms with Crippen LogP contribution >= 0.6 is 11.8 Å². The smallest absolute Gasteiger partial charge is 0.419 e. The second kappa shape index (κ2) is 7.47. The van der Waals surface area contributed by atoms with Crippen molar-refractivity contribution in [2.24, 2.45) is 10.2 Å². The summed E-state index contributed by atoms with van der Waals surface area (Å²) < 4.78 is 55.1. The lowest BCUT2D eigenvalue weighted by atomic mass is 10.1. The molecule has 1 aromatic rings. The van der Waals surface area contributed by atoms with Gasteiger partial charge in [0, 0.05) is 6.08 Å². The first kappa shape index (κ1) is 18.6. The maximum atomic E-state index is 13.4. The molecule has 0 saturated carbocycles. The second-order valence-electron chi connectivity index (χ2n) is 4.47. The topological polar surface area (TPSA) is 80.1 Å². The number of rotatable bonds is 3. The number of amidine groups is 1. The number of carbonyl (C=O) groups is 2. The van der Waals surface area contributed by atoms with Crippen LogP contribution in [0.4, 0.5) is 17.6 Å². The van der Waals surface area contributed by atoms with Gasteiger partial charge >= 0.3 is 12.1 Å². The molecule has 0 spiro atoms. The van der Waals surface area contributed by atoms with Crippen molar-refractivity contribution in [2.45, 2.75) is 6.18 Å². The van der Waals surface area contributed by atoms with E-state index >= 15 is 0 Å². The fourth-order valence-electron chi connectivity index (χ4n) is 1.63. The van der Waals surface area contributed by atoms with Crippen LogP contribution < -0.4 is 5.32 Å². The average molecular weight is 375 g/mol. The quantitative estimate of drug-likeness (QED) is 0.289. The highest BCUT2D eigenvalue weighted by Crippen LogP contribution is 2.31. The largest absolute Gasteiger partial charge is 0.466 e. The highest BCUT2D eigenvalue weighted by Gasteiger charge is 2.33. The predicted octanol–water partition coefficient (Wildman–Crippen LogP) is 2.45. The minimum atomic E-state index is -4.78. The van der Waals surface area contributed by atoms with E-state index in [0.29, 0.717) is 12.1 Å². The van der Waals surface area contributed by atoms with Crippen LogP contribution in [0.15, 0.2) is 39.4 Å². The third kappa shape index (κ3) is 4.89. The number of methoxy groups -OCH3 is 1. The molecule has 1 aromatic carbocycles. The van der Waals surface area contributed by atoms with Crippen molar-refractivity contribution >= 4 is 35.0 Å². The summed E-state index contributed by atoms with van der Waals surface area (Å²) in [6.45, 7) is 0. The van der Waals surface area contributed by atoms with Crippen molar-refractivity contribution in [1.29, 1.82) is 0 Å². The zero-order valence-corrected chi connectivity index (χ0v) is 13.2. The molecule has 132 valence electrons. The van der Waals surface area contributed by atoms with Crippen LogP contribution in [-0.4, -0.2) is 30.4 Å². The Hall–Kier alpha value is -2.69. The van der Waals surface area contributed by atoms with Gasteiger partial charge in [0.05, 0.1) is 23.8 Å². The van der Waals surface area contributed by atoms with Gasteiger partial charge in [0.15, 0.2) is 5.17 Å². The number of alkyl halides is 3. The lowest BCUT2D eigenvalue weighted by Crippen LogP contribution is -2.19. The minimum absolute atomic E-state index is 0.0429. The zero-order chi connectivity index (χ0) is 18.6. The number of benzene rings is 1.